The second-order valence-corrected chi connectivity index (χ2v) is 18.0. The van der Waals surface area contributed by atoms with E-state index < -0.39 is 18.2 Å². The molecule has 0 heterocycles. The number of carbonyl (C=O) groups excluding carboxylic acids is 2. The SMILES string of the molecule is CCCCCCCCC/C=C/C=C/CCCC(CC(=O)NC(CO)C(O)CCCCCCCCCCCCCCCCCC)OC(=O)CCCCCCCCCCCC. The number of rotatable bonds is 47. The van der Waals surface area contributed by atoms with Crippen molar-refractivity contribution in [2.45, 2.75) is 296 Å². The van der Waals surface area contributed by atoms with Crippen molar-refractivity contribution >= 4 is 11.9 Å². The molecule has 0 saturated heterocycles. The first-order valence-electron chi connectivity index (χ1n) is 26.1. The smallest absolute Gasteiger partial charge is 0.306 e. The molecule has 0 radical (unpaired) electrons. The zero-order valence-corrected chi connectivity index (χ0v) is 39.7. The number of esters is 1. The zero-order valence-electron chi connectivity index (χ0n) is 39.7. The molecular weight excluding hydrogens is 731 g/mol. The molecule has 59 heavy (non-hydrogen) atoms. The largest absolute Gasteiger partial charge is 0.462 e. The van der Waals surface area contributed by atoms with E-state index in [2.05, 4.69) is 50.4 Å². The average Bonchev–Trinajstić information content (AvgIpc) is 3.23. The van der Waals surface area contributed by atoms with E-state index in [1.165, 1.54) is 173 Å². The van der Waals surface area contributed by atoms with E-state index >= 15 is 0 Å². The summed E-state index contributed by atoms with van der Waals surface area (Å²) in [5.74, 6) is -0.510. The van der Waals surface area contributed by atoms with Gasteiger partial charge in [-0.1, -0.05) is 244 Å². The Balaban J connectivity index is 4.55. The number of amides is 1. The maximum atomic E-state index is 13.2. The highest BCUT2D eigenvalue weighted by Crippen LogP contribution is 2.18. The van der Waals surface area contributed by atoms with Crippen LogP contribution in [0.5, 0.6) is 0 Å². The Morgan fingerprint density at radius 1 is 0.492 bits per heavy atom. The van der Waals surface area contributed by atoms with Crippen LogP contribution < -0.4 is 5.32 Å². The standard InChI is InChI=1S/C53H101NO5/c1-4-7-10-13-16-19-22-24-26-27-29-31-33-36-39-42-45-51(56)50(48-55)54-52(57)47-49(59-53(58)46-43-40-37-34-21-18-15-12-9-6-3)44-41-38-35-32-30-28-25-23-20-17-14-11-8-5-2/h28,30,32,35,49-51,55-56H,4-27,29,31,33-34,36-48H2,1-3H3,(H,54,57)/b30-28+,35-32+. The molecule has 3 unspecified atom stereocenters. The summed E-state index contributed by atoms with van der Waals surface area (Å²) >= 11 is 0. The number of hydrogen-bond acceptors (Lipinski definition) is 5. The molecule has 348 valence electrons. The number of aliphatic hydroxyl groups excluding tert-OH is 2. The fourth-order valence-electron chi connectivity index (χ4n) is 8.08. The number of aliphatic hydroxyl groups is 2. The molecule has 3 N–H and O–H groups in total. The van der Waals surface area contributed by atoms with Crippen LogP contribution in [0.25, 0.3) is 0 Å². The molecule has 0 aliphatic rings. The molecule has 0 fully saturated rings. The van der Waals surface area contributed by atoms with Crippen LogP contribution in [0.4, 0.5) is 0 Å². The first-order valence-corrected chi connectivity index (χ1v) is 26.1. The van der Waals surface area contributed by atoms with Crippen LogP contribution in [0, 0.1) is 0 Å². The summed E-state index contributed by atoms with van der Waals surface area (Å²) in [4.78, 5) is 26.1. The van der Waals surface area contributed by atoms with Crippen molar-refractivity contribution in [2.75, 3.05) is 6.61 Å². The van der Waals surface area contributed by atoms with Gasteiger partial charge < -0.3 is 20.3 Å². The third-order valence-electron chi connectivity index (χ3n) is 12.1. The molecule has 3 atom stereocenters. The molecular formula is C53H101NO5. The molecule has 0 aliphatic heterocycles. The minimum Gasteiger partial charge on any atom is -0.462 e. The first-order chi connectivity index (χ1) is 29.0. The van der Waals surface area contributed by atoms with Crippen LogP contribution in [0.15, 0.2) is 24.3 Å². The van der Waals surface area contributed by atoms with Crippen molar-refractivity contribution in [3.8, 4) is 0 Å². The Labute approximate surface area is 367 Å². The second-order valence-electron chi connectivity index (χ2n) is 18.0. The van der Waals surface area contributed by atoms with Crippen LogP contribution in [0.1, 0.15) is 278 Å². The van der Waals surface area contributed by atoms with Crippen LogP contribution in [-0.4, -0.2) is 46.9 Å². The number of hydrogen-bond donors (Lipinski definition) is 3. The Hall–Kier alpha value is -1.66. The van der Waals surface area contributed by atoms with Crippen molar-refractivity contribution in [2.24, 2.45) is 0 Å². The van der Waals surface area contributed by atoms with Gasteiger partial charge >= 0.3 is 5.97 Å². The average molecular weight is 832 g/mol. The summed E-state index contributed by atoms with van der Waals surface area (Å²) in [6.45, 7) is 6.47. The van der Waals surface area contributed by atoms with E-state index in [0.29, 0.717) is 19.3 Å². The molecule has 1 amide bonds. The van der Waals surface area contributed by atoms with Crippen LogP contribution >= 0.6 is 0 Å². The first kappa shape index (κ1) is 57.3. The van der Waals surface area contributed by atoms with Crippen molar-refractivity contribution in [1.29, 1.82) is 0 Å². The predicted molar refractivity (Wildman–Crippen MR) is 255 cm³/mol. The number of nitrogens with one attached hydrogen (secondary N) is 1. The van der Waals surface area contributed by atoms with E-state index in [-0.39, 0.29) is 24.9 Å². The molecule has 6 nitrogen and oxygen atoms in total. The summed E-state index contributed by atoms with van der Waals surface area (Å²) in [5, 5.41) is 23.8. The lowest BCUT2D eigenvalue weighted by atomic mass is 10.0. The molecule has 0 rings (SSSR count). The monoisotopic (exact) mass is 832 g/mol. The van der Waals surface area contributed by atoms with Gasteiger partial charge in [-0.2, -0.15) is 0 Å². The van der Waals surface area contributed by atoms with Gasteiger partial charge in [0.2, 0.25) is 5.91 Å². The van der Waals surface area contributed by atoms with Gasteiger partial charge in [0.1, 0.15) is 6.10 Å². The highest BCUT2D eigenvalue weighted by Gasteiger charge is 2.24. The van der Waals surface area contributed by atoms with Gasteiger partial charge in [-0.25, -0.2) is 0 Å². The lowest BCUT2D eigenvalue weighted by molar-refractivity contribution is -0.151. The second kappa shape index (κ2) is 47.4. The Kier molecular flexibility index (Phi) is 46.1. The van der Waals surface area contributed by atoms with Gasteiger partial charge in [0, 0.05) is 6.42 Å². The van der Waals surface area contributed by atoms with Gasteiger partial charge in [0.15, 0.2) is 0 Å². The van der Waals surface area contributed by atoms with E-state index in [4.69, 9.17) is 4.74 Å². The molecule has 0 bridgehead atoms. The number of carbonyl (C=O) groups is 2. The van der Waals surface area contributed by atoms with Gasteiger partial charge in [0.25, 0.3) is 0 Å². The molecule has 0 aromatic rings. The summed E-state index contributed by atoms with van der Waals surface area (Å²) in [6.07, 6.45) is 53.9. The lowest BCUT2D eigenvalue weighted by Gasteiger charge is -2.24. The lowest BCUT2D eigenvalue weighted by Crippen LogP contribution is -2.46. The van der Waals surface area contributed by atoms with E-state index in [1.807, 2.05) is 0 Å². The summed E-state index contributed by atoms with van der Waals surface area (Å²) in [5.41, 5.74) is 0. The van der Waals surface area contributed by atoms with Crippen molar-refractivity contribution < 1.29 is 24.5 Å². The number of allylic oxidation sites excluding steroid dienone is 4. The number of unbranched alkanes of at least 4 members (excludes halogenated alkanes) is 32. The van der Waals surface area contributed by atoms with E-state index in [9.17, 15) is 19.8 Å². The maximum absolute atomic E-state index is 13.2. The summed E-state index contributed by atoms with van der Waals surface area (Å²) in [6, 6.07) is -0.711. The Morgan fingerprint density at radius 2 is 0.864 bits per heavy atom. The third-order valence-corrected chi connectivity index (χ3v) is 12.1. The fourth-order valence-corrected chi connectivity index (χ4v) is 8.08. The Bertz CT molecular complexity index is 935. The van der Waals surface area contributed by atoms with E-state index in [0.717, 1.165) is 57.8 Å². The van der Waals surface area contributed by atoms with Gasteiger partial charge in [-0.3, -0.25) is 9.59 Å². The minimum atomic E-state index is -0.795. The molecule has 6 heteroatoms. The van der Waals surface area contributed by atoms with Gasteiger partial charge in [0.05, 0.1) is 25.2 Å². The van der Waals surface area contributed by atoms with Crippen LogP contribution in [0.2, 0.25) is 0 Å². The number of ether oxygens (including phenoxy) is 1. The third kappa shape index (κ3) is 42.8. The molecule has 0 aromatic carbocycles. The maximum Gasteiger partial charge on any atom is 0.306 e. The van der Waals surface area contributed by atoms with Gasteiger partial charge in [-0.15, -0.1) is 0 Å². The zero-order chi connectivity index (χ0) is 43.1. The van der Waals surface area contributed by atoms with Crippen LogP contribution in [-0.2, 0) is 14.3 Å². The van der Waals surface area contributed by atoms with E-state index in [1.54, 1.807) is 0 Å². The summed E-state index contributed by atoms with van der Waals surface area (Å²) < 4.78 is 5.89. The van der Waals surface area contributed by atoms with Crippen molar-refractivity contribution in [3.63, 3.8) is 0 Å². The van der Waals surface area contributed by atoms with Gasteiger partial charge in [-0.05, 0) is 44.9 Å². The Morgan fingerprint density at radius 3 is 1.29 bits per heavy atom. The van der Waals surface area contributed by atoms with Crippen molar-refractivity contribution in [1.82, 2.24) is 5.32 Å². The van der Waals surface area contributed by atoms with Crippen LogP contribution in [0.3, 0.4) is 0 Å². The normalized spacial score (nSPS) is 13.4. The minimum absolute atomic E-state index is 0.0497. The van der Waals surface area contributed by atoms with Crippen molar-refractivity contribution in [3.05, 3.63) is 24.3 Å². The predicted octanol–water partition coefficient (Wildman–Crippen LogP) is 15.5. The molecule has 0 spiro atoms. The fraction of sp³-hybridized carbons (Fsp3) is 0.887. The molecule has 0 aromatic heterocycles. The molecule has 0 saturated carbocycles. The quantitative estimate of drug-likeness (QED) is 0.0322. The molecule has 0 aliphatic carbocycles. The topological polar surface area (TPSA) is 95.9 Å². The summed E-state index contributed by atoms with van der Waals surface area (Å²) in [7, 11) is 0. The highest BCUT2D eigenvalue weighted by molar-refractivity contribution is 5.77. The highest BCUT2D eigenvalue weighted by atomic mass is 16.5.